The number of hydrogen-bond acceptors (Lipinski definition) is 3. The summed E-state index contributed by atoms with van der Waals surface area (Å²) in [5, 5.41) is 3.25. The average Bonchev–Trinajstić information content (AvgIpc) is 2.85. The van der Waals surface area contributed by atoms with Crippen LogP contribution in [0.5, 0.6) is 5.75 Å². The molecular formula is C14H20N2O2. The number of benzene rings is 1. The van der Waals surface area contributed by atoms with E-state index in [1.807, 2.05) is 38.2 Å². The van der Waals surface area contributed by atoms with E-state index >= 15 is 0 Å². The number of amides is 1. The van der Waals surface area contributed by atoms with Crippen LogP contribution in [0.4, 0.5) is 5.69 Å². The molecule has 1 fully saturated rings. The van der Waals surface area contributed by atoms with Crippen LogP contribution in [0.3, 0.4) is 0 Å². The highest BCUT2D eigenvalue weighted by Gasteiger charge is 2.38. The maximum absolute atomic E-state index is 12.5. The predicted molar refractivity (Wildman–Crippen MR) is 72.0 cm³/mol. The average molecular weight is 248 g/mol. The molecule has 2 rings (SSSR count). The zero-order valence-corrected chi connectivity index (χ0v) is 11.2. The summed E-state index contributed by atoms with van der Waals surface area (Å²) in [7, 11) is 3.46. The molecule has 0 aromatic heterocycles. The van der Waals surface area contributed by atoms with Gasteiger partial charge in [0.25, 0.3) is 0 Å². The Kier molecular flexibility index (Phi) is 3.57. The summed E-state index contributed by atoms with van der Waals surface area (Å²) in [4.78, 5) is 14.2. The van der Waals surface area contributed by atoms with E-state index in [9.17, 15) is 4.79 Å². The van der Waals surface area contributed by atoms with Crippen molar-refractivity contribution in [3.63, 3.8) is 0 Å². The van der Waals surface area contributed by atoms with Crippen molar-refractivity contribution < 1.29 is 9.53 Å². The number of anilines is 1. The Balaban J connectivity index is 2.14. The molecule has 1 saturated heterocycles. The second-order valence-electron chi connectivity index (χ2n) is 5.05. The highest BCUT2D eigenvalue weighted by Crippen LogP contribution is 2.29. The van der Waals surface area contributed by atoms with Crippen molar-refractivity contribution in [2.75, 3.05) is 32.1 Å². The van der Waals surface area contributed by atoms with E-state index in [4.69, 9.17) is 4.74 Å². The Bertz CT molecular complexity index is 422. The topological polar surface area (TPSA) is 41.6 Å². The van der Waals surface area contributed by atoms with Crippen molar-refractivity contribution in [3.05, 3.63) is 24.3 Å². The molecule has 0 spiro atoms. The highest BCUT2D eigenvalue weighted by molar-refractivity contribution is 5.97. The van der Waals surface area contributed by atoms with Gasteiger partial charge in [-0.05, 0) is 44.2 Å². The zero-order chi connectivity index (χ0) is 13.2. The fourth-order valence-electron chi connectivity index (χ4n) is 2.33. The largest absolute Gasteiger partial charge is 0.497 e. The van der Waals surface area contributed by atoms with E-state index in [2.05, 4.69) is 5.32 Å². The molecule has 98 valence electrons. The first-order valence-electron chi connectivity index (χ1n) is 6.20. The van der Waals surface area contributed by atoms with Crippen LogP contribution in [-0.4, -0.2) is 33.2 Å². The third-order valence-electron chi connectivity index (χ3n) is 3.65. The van der Waals surface area contributed by atoms with Gasteiger partial charge in [-0.15, -0.1) is 0 Å². The number of nitrogens with one attached hydrogen (secondary N) is 1. The van der Waals surface area contributed by atoms with Crippen LogP contribution in [-0.2, 0) is 4.79 Å². The molecule has 1 heterocycles. The van der Waals surface area contributed by atoms with Crippen molar-refractivity contribution in [1.82, 2.24) is 5.32 Å². The van der Waals surface area contributed by atoms with Gasteiger partial charge in [0, 0.05) is 19.3 Å². The summed E-state index contributed by atoms with van der Waals surface area (Å²) in [5.74, 6) is 0.964. The van der Waals surface area contributed by atoms with E-state index in [-0.39, 0.29) is 11.3 Å². The summed E-state index contributed by atoms with van der Waals surface area (Å²) in [5.41, 5.74) is 0.614. The minimum atomic E-state index is -0.283. The Hall–Kier alpha value is -1.55. The Morgan fingerprint density at radius 2 is 2.06 bits per heavy atom. The van der Waals surface area contributed by atoms with Crippen LogP contribution in [0.1, 0.15) is 13.3 Å². The third kappa shape index (κ3) is 2.34. The summed E-state index contributed by atoms with van der Waals surface area (Å²) < 4.78 is 5.12. The van der Waals surface area contributed by atoms with Gasteiger partial charge >= 0.3 is 0 Å². The molecular weight excluding hydrogens is 228 g/mol. The SMILES string of the molecule is COc1ccc(N(C)C(=O)C2(C)CCNC2)cc1. The second-order valence-corrected chi connectivity index (χ2v) is 5.05. The quantitative estimate of drug-likeness (QED) is 0.884. The van der Waals surface area contributed by atoms with Gasteiger partial charge in [-0.1, -0.05) is 0 Å². The van der Waals surface area contributed by atoms with Crippen LogP contribution >= 0.6 is 0 Å². The summed E-state index contributed by atoms with van der Waals surface area (Å²) in [6.45, 7) is 3.69. The molecule has 0 bridgehead atoms. The molecule has 1 aliphatic heterocycles. The van der Waals surface area contributed by atoms with Gasteiger partial charge in [0.15, 0.2) is 0 Å². The van der Waals surface area contributed by atoms with E-state index in [1.165, 1.54) is 0 Å². The van der Waals surface area contributed by atoms with Crippen LogP contribution in [0.15, 0.2) is 24.3 Å². The van der Waals surface area contributed by atoms with Gasteiger partial charge in [0.05, 0.1) is 12.5 Å². The third-order valence-corrected chi connectivity index (χ3v) is 3.65. The van der Waals surface area contributed by atoms with Crippen molar-refractivity contribution in [1.29, 1.82) is 0 Å². The molecule has 1 aromatic carbocycles. The fraction of sp³-hybridized carbons (Fsp3) is 0.500. The van der Waals surface area contributed by atoms with Gasteiger partial charge in [-0.2, -0.15) is 0 Å². The smallest absolute Gasteiger partial charge is 0.233 e. The lowest BCUT2D eigenvalue weighted by molar-refractivity contribution is -0.126. The standard InChI is InChI=1S/C14H20N2O2/c1-14(8-9-15-10-14)13(17)16(2)11-4-6-12(18-3)7-5-11/h4-7,15H,8-10H2,1-3H3. The van der Waals surface area contributed by atoms with Crippen LogP contribution in [0.2, 0.25) is 0 Å². The first-order chi connectivity index (χ1) is 8.57. The molecule has 1 N–H and O–H groups in total. The van der Waals surface area contributed by atoms with E-state index in [1.54, 1.807) is 12.0 Å². The molecule has 1 aliphatic rings. The summed E-state index contributed by atoms with van der Waals surface area (Å²) in [6, 6.07) is 7.55. The molecule has 1 aromatic rings. The van der Waals surface area contributed by atoms with E-state index in [0.29, 0.717) is 0 Å². The van der Waals surface area contributed by atoms with Crippen LogP contribution in [0, 0.1) is 5.41 Å². The van der Waals surface area contributed by atoms with Crippen LogP contribution < -0.4 is 15.0 Å². The predicted octanol–water partition coefficient (Wildman–Crippen LogP) is 1.66. The molecule has 18 heavy (non-hydrogen) atoms. The maximum Gasteiger partial charge on any atom is 0.233 e. The van der Waals surface area contributed by atoms with Crippen molar-refractivity contribution in [2.45, 2.75) is 13.3 Å². The minimum absolute atomic E-state index is 0.165. The number of ether oxygens (including phenoxy) is 1. The fourth-order valence-corrected chi connectivity index (χ4v) is 2.33. The maximum atomic E-state index is 12.5. The van der Waals surface area contributed by atoms with Gasteiger partial charge in [-0.3, -0.25) is 4.79 Å². The number of carbonyl (C=O) groups is 1. The summed E-state index contributed by atoms with van der Waals surface area (Å²) in [6.07, 6.45) is 0.895. The lowest BCUT2D eigenvalue weighted by Gasteiger charge is -2.28. The highest BCUT2D eigenvalue weighted by atomic mass is 16.5. The Labute approximate surface area is 108 Å². The molecule has 1 unspecified atom stereocenters. The van der Waals surface area contributed by atoms with E-state index in [0.717, 1.165) is 30.9 Å². The van der Waals surface area contributed by atoms with Crippen molar-refractivity contribution in [3.8, 4) is 5.75 Å². The lowest BCUT2D eigenvalue weighted by atomic mass is 9.88. The molecule has 0 saturated carbocycles. The van der Waals surface area contributed by atoms with Gasteiger partial charge < -0.3 is 15.0 Å². The molecule has 4 nitrogen and oxygen atoms in total. The molecule has 4 heteroatoms. The molecule has 0 aliphatic carbocycles. The second kappa shape index (κ2) is 4.98. The first kappa shape index (κ1) is 12.9. The minimum Gasteiger partial charge on any atom is -0.497 e. The zero-order valence-electron chi connectivity index (χ0n) is 11.2. The van der Waals surface area contributed by atoms with Crippen molar-refractivity contribution in [2.24, 2.45) is 5.41 Å². The lowest BCUT2D eigenvalue weighted by Crippen LogP contribution is -2.41. The number of hydrogen-bond donors (Lipinski definition) is 1. The summed E-state index contributed by atoms with van der Waals surface area (Å²) >= 11 is 0. The van der Waals surface area contributed by atoms with Gasteiger partial charge in [0.2, 0.25) is 5.91 Å². The molecule has 1 amide bonds. The monoisotopic (exact) mass is 248 g/mol. The normalized spacial score (nSPS) is 22.8. The van der Waals surface area contributed by atoms with Crippen LogP contribution in [0.25, 0.3) is 0 Å². The number of rotatable bonds is 3. The number of nitrogens with zero attached hydrogens (tertiary/aromatic N) is 1. The Morgan fingerprint density at radius 3 is 2.56 bits per heavy atom. The number of methoxy groups -OCH3 is 1. The molecule has 0 radical (unpaired) electrons. The molecule has 1 atom stereocenters. The van der Waals surface area contributed by atoms with E-state index < -0.39 is 0 Å². The van der Waals surface area contributed by atoms with Gasteiger partial charge in [-0.25, -0.2) is 0 Å². The Morgan fingerprint density at radius 1 is 1.39 bits per heavy atom. The number of carbonyl (C=O) groups excluding carboxylic acids is 1. The first-order valence-corrected chi connectivity index (χ1v) is 6.20. The van der Waals surface area contributed by atoms with Gasteiger partial charge in [0.1, 0.15) is 5.75 Å². The van der Waals surface area contributed by atoms with Crippen molar-refractivity contribution >= 4 is 11.6 Å².